The maximum Gasteiger partial charge on any atom is 0.0463 e. The molecule has 15 aromatic carbocycles. The maximum absolute atomic E-state index is 2.36. The molecule has 15 aromatic rings. The highest BCUT2D eigenvalue weighted by Gasteiger charge is 2.21. The molecule has 94 heavy (non-hydrogen) atoms. The van der Waals surface area contributed by atoms with Gasteiger partial charge in [0.2, 0.25) is 0 Å². The van der Waals surface area contributed by atoms with Gasteiger partial charge in [-0.25, -0.2) is 0 Å². The van der Waals surface area contributed by atoms with Crippen LogP contribution >= 0.6 is 0 Å². The van der Waals surface area contributed by atoms with E-state index < -0.39 is 0 Å². The summed E-state index contributed by atoms with van der Waals surface area (Å²) in [5.41, 5.74) is 26.8. The van der Waals surface area contributed by atoms with E-state index in [-0.39, 0.29) is 0 Å². The van der Waals surface area contributed by atoms with Gasteiger partial charge in [0.1, 0.15) is 0 Å². The minimum Gasteiger partial charge on any atom is -0.311 e. The van der Waals surface area contributed by atoms with Crippen molar-refractivity contribution in [1.29, 1.82) is 0 Å². The van der Waals surface area contributed by atoms with Crippen molar-refractivity contribution in [2.45, 2.75) is 0 Å². The van der Waals surface area contributed by atoms with E-state index in [0.717, 1.165) is 79.4 Å². The zero-order chi connectivity index (χ0) is 62.8. The van der Waals surface area contributed by atoms with Crippen LogP contribution in [-0.4, -0.2) is 0 Å². The third-order valence-corrected chi connectivity index (χ3v) is 17.5. The molecule has 0 heterocycles. The van der Waals surface area contributed by atoms with Crippen LogP contribution in [0.2, 0.25) is 0 Å². The maximum atomic E-state index is 2.36. The molecular weight excluding hydrogens is 1140 g/mol. The number of rotatable bonds is 18. The number of anilines is 12. The van der Waals surface area contributed by atoms with Gasteiger partial charge in [-0.3, -0.25) is 0 Å². The molecular formula is C90H66N4. The minimum atomic E-state index is 1.02. The number of hydrogen-bond donors (Lipinski definition) is 0. The molecule has 0 aliphatic carbocycles. The fourth-order valence-corrected chi connectivity index (χ4v) is 12.6. The molecule has 4 heteroatoms. The molecule has 0 radical (unpaired) electrons. The zero-order valence-electron chi connectivity index (χ0n) is 51.9. The van der Waals surface area contributed by atoms with Crippen molar-refractivity contribution in [3.05, 3.63) is 400 Å². The van der Waals surface area contributed by atoms with Crippen LogP contribution in [0.3, 0.4) is 0 Å². The second-order valence-electron chi connectivity index (χ2n) is 23.4. The van der Waals surface area contributed by atoms with Gasteiger partial charge in [0.25, 0.3) is 0 Å². The summed E-state index contributed by atoms with van der Waals surface area (Å²) in [6, 6.07) is 144. The summed E-state index contributed by atoms with van der Waals surface area (Å²) in [5, 5.41) is 0. The highest BCUT2D eigenvalue weighted by molar-refractivity contribution is 5.87. The van der Waals surface area contributed by atoms with Gasteiger partial charge in [-0.1, -0.05) is 255 Å². The molecule has 0 N–H and O–H groups in total. The standard InChI is InChI=1S/C90H66N4/c1-7-19-67(20-8-1)72-31-33-73(34-32-72)78-43-53-84(54-44-78)94(90-65-63-88(64-66-90)93(82-49-39-76(40-50-82)70-25-13-4-14-26-70)83-51-41-77(42-52-83)71-27-15-5-16-28-71)89-61-57-86(58-62-89)91(79-29-17-6-18-30-79)85-55-59-87(60-56-85)92(80-45-35-74(36-46-80)68-21-9-2-10-22-68)81-47-37-75(38-48-81)69-23-11-3-12-24-69/h1-66H. The lowest BCUT2D eigenvalue weighted by Gasteiger charge is -2.30. The number of nitrogens with zero attached hydrogens (tertiary/aromatic N) is 4. The Kier molecular flexibility index (Phi) is 16.6. The molecule has 0 spiro atoms. The van der Waals surface area contributed by atoms with Crippen LogP contribution in [0.15, 0.2) is 400 Å². The Morgan fingerprint density at radius 3 is 0.330 bits per heavy atom. The molecule has 0 aliphatic heterocycles. The molecule has 0 fully saturated rings. The van der Waals surface area contributed by atoms with Gasteiger partial charge in [-0.2, -0.15) is 0 Å². The van der Waals surface area contributed by atoms with Crippen molar-refractivity contribution in [2.24, 2.45) is 0 Å². The van der Waals surface area contributed by atoms with Crippen LogP contribution in [-0.2, 0) is 0 Å². The smallest absolute Gasteiger partial charge is 0.0463 e. The van der Waals surface area contributed by atoms with Gasteiger partial charge in [-0.15, -0.1) is 0 Å². The van der Waals surface area contributed by atoms with Crippen molar-refractivity contribution < 1.29 is 0 Å². The van der Waals surface area contributed by atoms with Crippen molar-refractivity contribution in [3.63, 3.8) is 0 Å². The van der Waals surface area contributed by atoms with E-state index in [1.54, 1.807) is 0 Å². The van der Waals surface area contributed by atoms with E-state index in [1.165, 1.54) is 55.6 Å². The molecule has 0 aliphatic rings. The monoisotopic (exact) mass is 1200 g/mol. The second-order valence-corrected chi connectivity index (χ2v) is 23.4. The zero-order valence-corrected chi connectivity index (χ0v) is 51.9. The predicted molar refractivity (Wildman–Crippen MR) is 398 cm³/mol. The minimum absolute atomic E-state index is 1.02. The first-order valence-corrected chi connectivity index (χ1v) is 32.0. The molecule has 4 nitrogen and oxygen atoms in total. The largest absolute Gasteiger partial charge is 0.311 e. The van der Waals surface area contributed by atoms with Crippen LogP contribution in [0.4, 0.5) is 68.2 Å². The lowest BCUT2D eigenvalue weighted by Crippen LogP contribution is -2.13. The van der Waals surface area contributed by atoms with Gasteiger partial charge in [0.15, 0.2) is 0 Å². The molecule has 0 unspecified atom stereocenters. The van der Waals surface area contributed by atoms with E-state index in [0.29, 0.717) is 0 Å². The molecule has 0 saturated heterocycles. The summed E-state index contributed by atoms with van der Waals surface area (Å²) in [7, 11) is 0. The fourth-order valence-electron chi connectivity index (χ4n) is 12.6. The average molecular weight is 1200 g/mol. The highest BCUT2D eigenvalue weighted by Crippen LogP contribution is 2.45. The summed E-state index contributed by atoms with van der Waals surface area (Å²) < 4.78 is 0. The number of benzene rings is 15. The Balaban J connectivity index is 0.783. The lowest BCUT2D eigenvalue weighted by molar-refractivity contribution is 1.24. The summed E-state index contributed by atoms with van der Waals surface area (Å²) >= 11 is 0. The van der Waals surface area contributed by atoms with Crippen LogP contribution in [0, 0.1) is 0 Å². The summed E-state index contributed by atoms with van der Waals surface area (Å²) in [6.07, 6.45) is 0. The van der Waals surface area contributed by atoms with Crippen LogP contribution < -0.4 is 19.6 Å². The average Bonchev–Trinajstić information content (AvgIpc) is 1.04. The molecule has 0 bridgehead atoms. The van der Waals surface area contributed by atoms with E-state index >= 15 is 0 Å². The topological polar surface area (TPSA) is 13.0 Å². The normalized spacial score (nSPS) is 11.0. The summed E-state index contributed by atoms with van der Waals surface area (Å²) in [4.78, 5) is 9.39. The molecule has 0 aromatic heterocycles. The Bertz CT molecular complexity index is 4720. The van der Waals surface area contributed by atoms with Gasteiger partial charge in [-0.05, 0) is 212 Å². The predicted octanol–water partition coefficient (Wildman–Crippen LogP) is 25.6. The molecule has 0 amide bonds. The third kappa shape index (κ3) is 12.6. The number of hydrogen-bond acceptors (Lipinski definition) is 4. The van der Waals surface area contributed by atoms with Gasteiger partial charge < -0.3 is 19.6 Å². The van der Waals surface area contributed by atoms with Crippen molar-refractivity contribution in [2.75, 3.05) is 19.6 Å². The van der Waals surface area contributed by atoms with E-state index in [1.807, 2.05) is 0 Å². The molecule has 0 saturated carbocycles. The van der Waals surface area contributed by atoms with Crippen LogP contribution in [0.1, 0.15) is 0 Å². The Labute approximate surface area is 551 Å². The van der Waals surface area contributed by atoms with Gasteiger partial charge in [0, 0.05) is 68.2 Å². The first kappa shape index (κ1) is 57.9. The number of para-hydroxylation sites is 1. The van der Waals surface area contributed by atoms with Gasteiger partial charge >= 0.3 is 0 Å². The Morgan fingerprint density at radius 1 is 0.0851 bits per heavy atom. The Hall–Kier alpha value is -12.5. The first-order valence-electron chi connectivity index (χ1n) is 32.0. The highest BCUT2D eigenvalue weighted by atomic mass is 15.2. The second kappa shape index (κ2) is 26.9. The lowest BCUT2D eigenvalue weighted by atomic mass is 10.00. The SMILES string of the molecule is c1ccc(-c2ccc(-c3ccc(N(c4ccc(N(c5ccc(-c6ccccc6)cc5)c5ccc(-c6ccccc6)cc5)cc4)c4ccc(N(c5ccccc5)c5ccc(N(c6ccc(-c7ccccc7)cc6)c6ccc(-c7ccccc7)cc6)cc5)cc4)cc3)cc2)cc1. The van der Waals surface area contributed by atoms with Crippen molar-refractivity contribution >= 4 is 68.2 Å². The molecule has 446 valence electrons. The van der Waals surface area contributed by atoms with Gasteiger partial charge in [0.05, 0.1) is 0 Å². The summed E-state index contributed by atoms with van der Waals surface area (Å²) in [5.74, 6) is 0. The van der Waals surface area contributed by atoms with E-state index in [9.17, 15) is 0 Å². The van der Waals surface area contributed by atoms with E-state index in [2.05, 4.69) is 420 Å². The fraction of sp³-hybridized carbons (Fsp3) is 0. The quantitative estimate of drug-likeness (QED) is 0.0849. The van der Waals surface area contributed by atoms with E-state index in [4.69, 9.17) is 0 Å². The molecule has 0 atom stereocenters. The van der Waals surface area contributed by atoms with Crippen molar-refractivity contribution in [3.8, 4) is 66.8 Å². The van der Waals surface area contributed by atoms with Crippen LogP contribution in [0.25, 0.3) is 66.8 Å². The first-order chi connectivity index (χ1) is 46.6. The van der Waals surface area contributed by atoms with Crippen LogP contribution in [0.5, 0.6) is 0 Å². The third-order valence-electron chi connectivity index (χ3n) is 17.5. The Morgan fingerprint density at radius 2 is 0.181 bits per heavy atom. The molecule has 15 rings (SSSR count). The van der Waals surface area contributed by atoms with Crippen molar-refractivity contribution in [1.82, 2.24) is 0 Å². The summed E-state index contributed by atoms with van der Waals surface area (Å²) in [6.45, 7) is 0.